The zero-order valence-corrected chi connectivity index (χ0v) is 16.8. The Balaban J connectivity index is 1.60. The quantitative estimate of drug-likeness (QED) is 0.253. The molecule has 0 bridgehead atoms. The molecule has 2 aromatic heterocycles. The monoisotopic (exact) mass is 425 g/mol. The van der Waals surface area contributed by atoms with Gasteiger partial charge in [0.15, 0.2) is 12.4 Å². The summed E-state index contributed by atoms with van der Waals surface area (Å²) in [5.41, 5.74) is 3.48. The molecular formula is C20H19N5O6. The summed E-state index contributed by atoms with van der Waals surface area (Å²) in [5.74, 6) is 0.0502. The number of esters is 1. The van der Waals surface area contributed by atoms with Crippen LogP contribution in [0.1, 0.15) is 28.9 Å². The molecule has 0 atom stereocenters. The summed E-state index contributed by atoms with van der Waals surface area (Å²) in [7, 11) is 0. The molecule has 1 amide bonds. The highest BCUT2D eigenvalue weighted by Crippen LogP contribution is 2.22. The molecule has 0 fully saturated rings. The Morgan fingerprint density at radius 1 is 1.29 bits per heavy atom. The fourth-order valence-electron chi connectivity index (χ4n) is 2.71. The third-order valence-electron chi connectivity index (χ3n) is 4.21. The maximum absolute atomic E-state index is 12.0. The van der Waals surface area contributed by atoms with E-state index in [1.165, 1.54) is 10.8 Å². The number of nitrogens with zero attached hydrogens (tertiary/aromatic N) is 4. The van der Waals surface area contributed by atoms with E-state index in [2.05, 4.69) is 15.5 Å². The Hall–Kier alpha value is -4.28. The van der Waals surface area contributed by atoms with Crippen LogP contribution in [0.3, 0.4) is 0 Å². The third-order valence-corrected chi connectivity index (χ3v) is 4.21. The summed E-state index contributed by atoms with van der Waals surface area (Å²) in [4.78, 5) is 37.9. The van der Waals surface area contributed by atoms with Crippen molar-refractivity contribution in [2.75, 3.05) is 6.61 Å². The largest absolute Gasteiger partial charge is 0.462 e. The standard InChI is InChI=1S/C20H19N5O6/c1-3-30-20(27)15-6-4-14(5-7-15)17-9-8-16(31-17)10-22-23-18(26)12-24-13(2)21-11-19(24)25(28)29/h4-11H,3,12H2,1-2H3,(H,23,26)/b22-10-. The maximum atomic E-state index is 12.0. The first-order chi connectivity index (χ1) is 14.9. The van der Waals surface area contributed by atoms with Crippen molar-refractivity contribution in [3.05, 3.63) is 69.9 Å². The van der Waals surface area contributed by atoms with Crippen molar-refractivity contribution in [1.82, 2.24) is 15.0 Å². The van der Waals surface area contributed by atoms with Crippen LogP contribution in [0.4, 0.5) is 5.82 Å². The van der Waals surface area contributed by atoms with Crippen LogP contribution in [0.5, 0.6) is 0 Å². The molecule has 0 aliphatic heterocycles. The number of carbonyl (C=O) groups is 2. The van der Waals surface area contributed by atoms with Gasteiger partial charge in [-0.2, -0.15) is 5.10 Å². The summed E-state index contributed by atoms with van der Waals surface area (Å²) in [6.07, 6.45) is 2.40. The molecule has 3 aromatic rings. The van der Waals surface area contributed by atoms with E-state index in [1.54, 1.807) is 50.2 Å². The lowest BCUT2D eigenvalue weighted by atomic mass is 10.1. The van der Waals surface area contributed by atoms with E-state index in [1.807, 2.05) is 0 Å². The van der Waals surface area contributed by atoms with Crippen molar-refractivity contribution in [3.63, 3.8) is 0 Å². The minimum absolute atomic E-state index is 0.277. The van der Waals surface area contributed by atoms with Crippen molar-refractivity contribution >= 4 is 23.9 Å². The lowest BCUT2D eigenvalue weighted by Crippen LogP contribution is -2.24. The van der Waals surface area contributed by atoms with E-state index in [-0.39, 0.29) is 12.4 Å². The number of hydrazone groups is 1. The Morgan fingerprint density at radius 2 is 2.03 bits per heavy atom. The number of aromatic nitrogens is 2. The van der Waals surface area contributed by atoms with E-state index < -0.39 is 16.8 Å². The van der Waals surface area contributed by atoms with Crippen LogP contribution in [0.15, 0.2) is 52.1 Å². The molecule has 0 radical (unpaired) electrons. The molecule has 3 rings (SSSR count). The molecule has 11 nitrogen and oxygen atoms in total. The average molecular weight is 425 g/mol. The number of rotatable bonds is 8. The van der Waals surface area contributed by atoms with Gasteiger partial charge >= 0.3 is 11.8 Å². The number of nitrogens with one attached hydrogen (secondary N) is 1. The number of imidazole rings is 1. The van der Waals surface area contributed by atoms with Gasteiger partial charge in [0.1, 0.15) is 17.7 Å². The van der Waals surface area contributed by atoms with Gasteiger partial charge in [-0.3, -0.25) is 4.79 Å². The van der Waals surface area contributed by atoms with Gasteiger partial charge in [-0.1, -0.05) is 12.1 Å². The topological polar surface area (TPSA) is 142 Å². The molecule has 0 saturated carbocycles. The van der Waals surface area contributed by atoms with Crippen LogP contribution in [0.2, 0.25) is 0 Å². The molecule has 0 saturated heterocycles. The zero-order valence-electron chi connectivity index (χ0n) is 16.8. The minimum atomic E-state index is -0.611. The van der Waals surface area contributed by atoms with Crippen LogP contribution >= 0.6 is 0 Å². The van der Waals surface area contributed by atoms with Crippen molar-refractivity contribution in [2.24, 2.45) is 5.10 Å². The van der Waals surface area contributed by atoms with Crippen molar-refractivity contribution in [1.29, 1.82) is 0 Å². The van der Waals surface area contributed by atoms with Gasteiger partial charge in [-0.05, 0) is 36.1 Å². The number of hydrogen-bond acceptors (Lipinski definition) is 8. The third kappa shape index (κ3) is 5.21. The van der Waals surface area contributed by atoms with Crippen LogP contribution < -0.4 is 5.43 Å². The molecule has 0 unspecified atom stereocenters. The summed E-state index contributed by atoms with van der Waals surface area (Å²) in [6, 6.07) is 10.1. The fraction of sp³-hybridized carbons (Fsp3) is 0.200. The van der Waals surface area contributed by atoms with Crippen LogP contribution in [0, 0.1) is 17.0 Å². The fourth-order valence-corrected chi connectivity index (χ4v) is 2.71. The molecule has 0 spiro atoms. The van der Waals surface area contributed by atoms with E-state index in [0.29, 0.717) is 29.5 Å². The first-order valence-electron chi connectivity index (χ1n) is 9.25. The second kappa shape index (κ2) is 9.48. The van der Waals surface area contributed by atoms with Crippen LogP contribution in [0.25, 0.3) is 11.3 Å². The Morgan fingerprint density at radius 3 is 2.71 bits per heavy atom. The number of aryl methyl sites for hydroxylation is 1. The van der Waals surface area contributed by atoms with Gasteiger partial charge in [0, 0.05) is 12.5 Å². The zero-order chi connectivity index (χ0) is 22.4. The number of hydrogen-bond donors (Lipinski definition) is 1. The predicted octanol–water partition coefficient (Wildman–Crippen LogP) is 2.69. The second-order valence-electron chi connectivity index (χ2n) is 6.30. The average Bonchev–Trinajstić information content (AvgIpc) is 3.36. The van der Waals surface area contributed by atoms with E-state index in [0.717, 1.165) is 11.8 Å². The Labute approximate surface area is 176 Å². The van der Waals surface area contributed by atoms with Crippen molar-refractivity contribution < 1.29 is 23.7 Å². The summed E-state index contributed by atoms with van der Waals surface area (Å²) in [5, 5.41) is 14.8. The lowest BCUT2D eigenvalue weighted by Gasteiger charge is -2.02. The van der Waals surface area contributed by atoms with Crippen LogP contribution in [-0.4, -0.2) is 39.2 Å². The molecule has 1 aromatic carbocycles. The second-order valence-corrected chi connectivity index (χ2v) is 6.30. The Kier molecular flexibility index (Phi) is 6.55. The predicted molar refractivity (Wildman–Crippen MR) is 109 cm³/mol. The molecule has 11 heteroatoms. The van der Waals surface area contributed by atoms with Gasteiger partial charge in [0.25, 0.3) is 5.91 Å². The van der Waals surface area contributed by atoms with E-state index in [4.69, 9.17) is 9.15 Å². The normalized spacial score (nSPS) is 10.9. The van der Waals surface area contributed by atoms with Gasteiger partial charge in [-0.15, -0.1) is 0 Å². The minimum Gasteiger partial charge on any atom is -0.462 e. The number of benzene rings is 1. The molecule has 160 valence electrons. The van der Waals surface area contributed by atoms with Gasteiger partial charge in [0.05, 0.1) is 18.4 Å². The number of furan rings is 1. The summed E-state index contributed by atoms with van der Waals surface area (Å²) in [6.45, 7) is 3.31. The molecule has 2 heterocycles. The molecule has 0 aliphatic carbocycles. The lowest BCUT2D eigenvalue weighted by molar-refractivity contribution is -0.392. The summed E-state index contributed by atoms with van der Waals surface area (Å²) >= 11 is 0. The number of carbonyl (C=O) groups excluding carboxylic acids is 2. The molecule has 31 heavy (non-hydrogen) atoms. The molecule has 1 N–H and O–H groups in total. The van der Waals surface area contributed by atoms with Crippen molar-refractivity contribution in [2.45, 2.75) is 20.4 Å². The van der Waals surface area contributed by atoms with Gasteiger partial charge in [0.2, 0.25) is 0 Å². The smallest absolute Gasteiger partial charge is 0.343 e. The van der Waals surface area contributed by atoms with Gasteiger partial charge < -0.3 is 19.3 Å². The number of ether oxygens (including phenoxy) is 1. The van der Waals surface area contributed by atoms with Gasteiger partial charge in [-0.25, -0.2) is 19.8 Å². The maximum Gasteiger partial charge on any atom is 0.343 e. The highest BCUT2D eigenvalue weighted by Gasteiger charge is 2.19. The molecule has 0 aliphatic rings. The highest BCUT2D eigenvalue weighted by molar-refractivity contribution is 5.90. The summed E-state index contributed by atoms with van der Waals surface area (Å²) < 4.78 is 11.8. The van der Waals surface area contributed by atoms with E-state index >= 15 is 0 Å². The van der Waals surface area contributed by atoms with E-state index in [9.17, 15) is 19.7 Å². The first-order valence-corrected chi connectivity index (χ1v) is 9.25. The van der Waals surface area contributed by atoms with Crippen molar-refractivity contribution in [3.8, 4) is 11.3 Å². The number of nitro groups is 1. The SMILES string of the molecule is CCOC(=O)c1ccc(-c2ccc(/C=N\NC(=O)Cn3c([N+](=O)[O-])cnc3C)o2)cc1. The molecular weight excluding hydrogens is 406 g/mol. The number of amides is 1. The Bertz CT molecular complexity index is 1130. The highest BCUT2D eigenvalue weighted by atomic mass is 16.6. The first kappa shape index (κ1) is 21.4. The van der Waals surface area contributed by atoms with Crippen LogP contribution in [-0.2, 0) is 16.1 Å².